The summed E-state index contributed by atoms with van der Waals surface area (Å²) in [7, 11) is 0. The average molecular weight is 539 g/mol. The molecule has 0 N–H and O–H groups in total. The molecule has 194 valence electrons. The summed E-state index contributed by atoms with van der Waals surface area (Å²) in [5.74, 6) is 0.0485. The second-order valence-electron chi connectivity index (χ2n) is 9.76. The highest BCUT2D eigenvalue weighted by Gasteiger charge is 2.24. The van der Waals surface area contributed by atoms with Gasteiger partial charge in [-0.25, -0.2) is 4.98 Å². The van der Waals surface area contributed by atoms with Crippen LogP contribution in [0.2, 0.25) is 0 Å². The summed E-state index contributed by atoms with van der Waals surface area (Å²) in [5.41, 5.74) is 9.13. The van der Waals surface area contributed by atoms with Gasteiger partial charge in [-0.15, -0.1) is 24.8 Å². The summed E-state index contributed by atoms with van der Waals surface area (Å²) in [6, 6.07) is 17.4. The summed E-state index contributed by atoms with van der Waals surface area (Å²) in [4.78, 5) is 26.1. The van der Waals surface area contributed by atoms with Gasteiger partial charge in [-0.1, -0.05) is 18.2 Å². The summed E-state index contributed by atoms with van der Waals surface area (Å²) in [6.45, 7) is 8.92. The number of aromatic nitrogens is 3. The molecule has 0 spiro atoms. The van der Waals surface area contributed by atoms with Crippen LogP contribution in [0.1, 0.15) is 39.9 Å². The molecule has 4 aromatic rings. The highest BCUT2D eigenvalue weighted by Crippen LogP contribution is 2.30. The van der Waals surface area contributed by atoms with Crippen LogP contribution < -0.4 is 4.90 Å². The monoisotopic (exact) mass is 537 g/mol. The standard InChI is InChI=1S/C29H31N5O.2ClH/c1-20-9-10-24-25(31-20)6-4-7-26(24)33-17-15-32(16-18-33)14-13-22-5-3-8-27-23(22)11-12-28-29(21(2)35)30-19-34(27)28;;/h3-10,19H,11-18H2,1-2H3;2*1H. The van der Waals surface area contributed by atoms with Gasteiger partial charge in [0, 0.05) is 56.4 Å². The van der Waals surface area contributed by atoms with Crippen molar-refractivity contribution < 1.29 is 4.79 Å². The molecule has 0 radical (unpaired) electrons. The minimum atomic E-state index is 0. The topological polar surface area (TPSA) is 54.3 Å². The van der Waals surface area contributed by atoms with Crippen LogP contribution in [0.5, 0.6) is 0 Å². The van der Waals surface area contributed by atoms with E-state index in [4.69, 9.17) is 4.98 Å². The smallest absolute Gasteiger partial charge is 0.179 e. The lowest BCUT2D eigenvalue weighted by molar-refractivity contribution is 0.101. The number of pyridine rings is 1. The lowest BCUT2D eigenvalue weighted by atomic mass is 9.93. The van der Waals surface area contributed by atoms with Gasteiger partial charge in [0.2, 0.25) is 0 Å². The van der Waals surface area contributed by atoms with Gasteiger partial charge in [0.05, 0.1) is 16.9 Å². The Morgan fingerprint density at radius 1 is 0.919 bits per heavy atom. The van der Waals surface area contributed by atoms with Crippen molar-refractivity contribution in [3.05, 3.63) is 83.1 Å². The normalized spacial score (nSPS) is 14.9. The van der Waals surface area contributed by atoms with Crippen molar-refractivity contribution in [2.75, 3.05) is 37.6 Å². The molecule has 0 saturated carbocycles. The number of piperazine rings is 1. The number of imidazole rings is 1. The fraction of sp³-hybridized carbons (Fsp3) is 0.345. The quantitative estimate of drug-likeness (QED) is 0.326. The molecule has 2 aromatic carbocycles. The van der Waals surface area contributed by atoms with E-state index in [0.29, 0.717) is 5.69 Å². The number of Topliss-reactive ketones (excluding diaryl/α,β-unsaturated/α-hetero) is 1. The Bertz CT molecular complexity index is 1430. The first-order chi connectivity index (χ1) is 17.1. The van der Waals surface area contributed by atoms with Crippen LogP contribution in [0.25, 0.3) is 16.6 Å². The van der Waals surface area contributed by atoms with Crippen molar-refractivity contribution in [1.29, 1.82) is 0 Å². The molecule has 2 aliphatic heterocycles. The number of carbonyl (C=O) groups is 1. The summed E-state index contributed by atoms with van der Waals surface area (Å²) >= 11 is 0. The molecular weight excluding hydrogens is 505 g/mol. The molecule has 0 aliphatic carbocycles. The number of carbonyl (C=O) groups excluding carboxylic acids is 1. The average Bonchev–Trinajstić information content (AvgIpc) is 3.32. The van der Waals surface area contributed by atoms with Crippen molar-refractivity contribution in [2.24, 2.45) is 0 Å². The number of halogens is 2. The molecule has 2 aromatic heterocycles. The Kier molecular flexibility index (Phi) is 8.22. The summed E-state index contributed by atoms with van der Waals surface area (Å²) in [5, 5.41) is 1.24. The number of nitrogens with zero attached hydrogens (tertiary/aromatic N) is 5. The van der Waals surface area contributed by atoms with Crippen LogP contribution in [0, 0.1) is 6.92 Å². The Balaban J connectivity index is 0.00000160. The van der Waals surface area contributed by atoms with E-state index in [1.54, 1.807) is 6.92 Å². The first kappa shape index (κ1) is 27.1. The first-order valence-electron chi connectivity index (χ1n) is 12.6. The molecule has 0 unspecified atom stereocenters. The van der Waals surface area contributed by atoms with E-state index in [1.165, 1.54) is 27.9 Å². The van der Waals surface area contributed by atoms with E-state index < -0.39 is 0 Å². The van der Waals surface area contributed by atoms with E-state index in [-0.39, 0.29) is 30.6 Å². The predicted molar refractivity (Wildman–Crippen MR) is 154 cm³/mol. The third-order valence-electron chi connectivity index (χ3n) is 7.58. The Morgan fingerprint density at radius 3 is 2.46 bits per heavy atom. The highest BCUT2D eigenvalue weighted by molar-refractivity contribution is 5.93. The zero-order valence-corrected chi connectivity index (χ0v) is 22.9. The molecule has 1 saturated heterocycles. The second kappa shape index (κ2) is 11.2. The van der Waals surface area contributed by atoms with E-state index >= 15 is 0 Å². The Hall–Kier alpha value is -2.93. The van der Waals surface area contributed by atoms with Gasteiger partial charge in [0.15, 0.2) is 5.78 Å². The number of rotatable bonds is 5. The van der Waals surface area contributed by atoms with Crippen LogP contribution in [-0.4, -0.2) is 57.9 Å². The van der Waals surface area contributed by atoms with Crippen molar-refractivity contribution in [1.82, 2.24) is 19.4 Å². The van der Waals surface area contributed by atoms with E-state index in [2.05, 4.69) is 67.9 Å². The number of hydrogen-bond donors (Lipinski definition) is 0. The molecule has 0 amide bonds. The van der Waals surface area contributed by atoms with E-state index in [9.17, 15) is 4.79 Å². The molecule has 2 aliphatic rings. The zero-order chi connectivity index (χ0) is 23.9. The number of benzene rings is 2. The number of hydrogen-bond acceptors (Lipinski definition) is 5. The Labute approximate surface area is 230 Å². The maximum atomic E-state index is 11.9. The molecular formula is C29H33Cl2N5O. The molecule has 0 atom stereocenters. The van der Waals surface area contributed by atoms with Crippen molar-refractivity contribution in [3.8, 4) is 5.69 Å². The van der Waals surface area contributed by atoms with Gasteiger partial charge in [0.25, 0.3) is 0 Å². The molecule has 37 heavy (non-hydrogen) atoms. The van der Waals surface area contributed by atoms with E-state index in [0.717, 1.165) is 68.9 Å². The van der Waals surface area contributed by atoms with Gasteiger partial charge in [-0.2, -0.15) is 0 Å². The fourth-order valence-electron chi connectivity index (χ4n) is 5.73. The van der Waals surface area contributed by atoms with Gasteiger partial charge in [0.1, 0.15) is 12.0 Å². The van der Waals surface area contributed by atoms with Crippen molar-refractivity contribution >= 4 is 47.2 Å². The second-order valence-corrected chi connectivity index (χ2v) is 9.76. The van der Waals surface area contributed by atoms with Gasteiger partial charge in [-0.05, 0) is 67.6 Å². The number of fused-ring (bicyclic) bond motifs is 4. The number of ketones is 1. The largest absolute Gasteiger partial charge is 0.368 e. The molecule has 6 nitrogen and oxygen atoms in total. The lowest BCUT2D eigenvalue weighted by Gasteiger charge is -2.36. The summed E-state index contributed by atoms with van der Waals surface area (Å²) < 4.78 is 2.12. The van der Waals surface area contributed by atoms with Crippen molar-refractivity contribution in [2.45, 2.75) is 33.1 Å². The minimum absolute atomic E-state index is 0. The molecule has 4 heterocycles. The predicted octanol–water partition coefficient (Wildman–Crippen LogP) is 5.24. The van der Waals surface area contributed by atoms with Crippen LogP contribution in [0.4, 0.5) is 5.69 Å². The van der Waals surface area contributed by atoms with Gasteiger partial charge < -0.3 is 9.47 Å². The highest BCUT2D eigenvalue weighted by atomic mass is 35.5. The van der Waals surface area contributed by atoms with Gasteiger partial charge in [-0.3, -0.25) is 14.7 Å². The minimum Gasteiger partial charge on any atom is -0.368 e. The first-order valence-corrected chi connectivity index (χ1v) is 12.6. The maximum absolute atomic E-state index is 11.9. The molecule has 1 fully saturated rings. The van der Waals surface area contributed by atoms with Crippen LogP contribution in [0.15, 0.2) is 54.9 Å². The van der Waals surface area contributed by atoms with E-state index in [1.807, 2.05) is 13.3 Å². The number of anilines is 1. The van der Waals surface area contributed by atoms with Gasteiger partial charge >= 0.3 is 0 Å². The molecule has 0 bridgehead atoms. The maximum Gasteiger partial charge on any atom is 0.179 e. The molecule has 8 heteroatoms. The number of aryl methyl sites for hydroxylation is 1. The third-order valence-corrected chi connectivity index (χ3v) is 7.58. The van der Waals surface area contributed by atoms with Crippen LogP contribution >= 0.6 is 24.8 Å². The summed E-state index contributed by atoms with van der Waals surface area (Å²) in [6.07, 6.45) is 4.71. The van der Waals surface area contributed by atoms with Crippen molar-refractivity contribution in [3.63, 3.8) is 0 Å². The fourth-order valence-corrected chi connectivity index (χ4v) is 5.73. The van der Waals surface area contributed by atoms with Crippen LogP contribution in [0.3, 0.4) is 0 Å². The third kappa shape index (κ3) is 5.11. The Morgan fingerprint density at radius 2 is 1.68 bits per heavy atom. The lowest BCUT2D eigenvalue weighted by Crippen LogP contribution is -2.47. The molecule has 6 rings (SSSR count). The zero-order valence-electron chi connectivity index (χ0n) is 21.3. The van der Waals surface area contributed by atoms with Crippen LogP contribution in [-0.2, 0) is 19.3 Å². The SMILES string of the molecule is CC(=O)c1ncn2c1CCc1c(CCN3CCN(c4cccc5nc(C)ccc45)CC3)cccc1-2.Cl.Cl.